The van der Waals surface area contributed by atoms with Crippen molar-refractivity contribution in [3.05, 3.63) is 29.8 Å². The van der Waals surface area contributed by atoms with Crippen molar-refractivity contribution in [2.75, 3.05) is 0 Å². The molecule has 0 saturated heterocycles. The molecule has 2 N–H and O–H groups in total. The average Bonchev–Trinajstić information content (AvgIpc) is 2.39. The van der Waals surface area contributed by atoms with E-state index in [1.807, 2.05) is 0 Å². The van der Waals surface area contributed by atoms with Crippen LogP contribution in [-0.2, 0) is 6.18 Å². The van der Waals surface area contributed by atoms with E-state index in [9.17, 15) is 13.2 Å². The molecule has 112 valence electrons. The number of rotatable bonds is 4. The van der Waals surface area contributed by atoms with Gasteiger partial charge in [-0.2, -0.15) is 13.2 Å². The molecule has 5 heteroatoms. The predicted molar refractivity (Wildman–Crippen MR) is 71.5 cm³/mol. The molecule has 0 radical (unpaired) electrons. The molecular weight excluding hydrogens is 267 g/mol. The Balaban J connectivity index is 2.08. The lowest BCUT2D eigenvalue weighted by Crippen LogP contribution is -2.62. The zero-order chi connectivity index (χ0) is 15.0. The maximum atomic E-state index is 12.5. The van der Waals surface area contributed by atoms with Crippen LogP contribution in [0.25, 0.3) is 0 Å². The summed E-state index contributed by atoms with van der Waals surface area (Å²) in [4.78, 5) is 0. The standard InChI is InChI=1S/C15H20F3NO/c1-3-14(4-2)12(19)9-13(14)20-11-7-5-10(6-8-11)15(16,17)18/h5-8,12-13H,3-4,9,19H2,1-2H3. The largest absolute Gasteiger partial charge is 0.490 e. The molecule has 0 aromatic heterocycles. The van der Waals surface area contributed by atoms with Crippen LogP contribution in [0.1, 0.15) is 38.7 Å². The van der Waals surface area contributed by atoms with Gasteiger partial charge in [-0.25, -0.2) is 0 Å². The number of nitrogens with two attached hydrogens (primary N) is 1. The number of ether oxygens (including phenoxy) is 1. The van der Waals surface area contributed by atoms with Gasteiger partial charge in [-0.1, -0.05) is 13.8 Å². The monoisotopic (exact) mass is 287 g/mol. The first-order valence-electron chi connectivity index (χ1n) is 6.93. The maximum absolute atomic E-state index is 12.5. The number of hydrogen-bond acceptors (Lipinski definition) is 2. The van der Waals surface area contributed by atoms with Gasteiger partial charge in [0, 0.05) is 17.9 Å². The Morgan fingerprint density at radius 3 is 2.15 bits per heavy atom. The first-order chi connectivity index (χ1) is 9.33. The molecule has 2 rings (SSSR count). The molecule has 1 aromatic rings. The number of hydrogen-bond donors (Lipinski definition) is 1. The van der Waals surface area contributed by atoms with Crippen LogP contribution in [0.15, 0.2) is 24.3 Å². The minimum Gasteiger partial charge on any atom is -0.490 e. The molecule has 0 heterocycles. The Labute approximate surface area is 117 Å². The molecule has 2 unspecified atom stereocenters. The normalized spacial score (nSPS) is 25.1. The second-order valence-corrected chi connectivity index (χ2v) is 5.41. The average molecular weight is 287 g/mol. The third kappa shape index (κ3) is 2.51. The predicted octanol–water partition coefficient (Wildman–Crippen LogP) is 3.99. The minimum absolute atomic E-state index is 0.00997. The molecule has 1 aliphatic rings. The first kappa shape index (κ1) is 15.2. The Bertz CT molecular complexity index is 451. The third-order valence-corrected chi connectivity index (χ3v) is 4.62. The van der Waals surface area contributed by atoms with Crippen molar-refractivity contribution in [1.82, 2.24) is 0 Å². The quantitative estimate of drug-likeness (QED) is 0.908. The van der Waals surface area contributed by atoms with Gasteiger partial charge in [-0.05, 0) is 37.1 Å². The lowest BCUT2D eigenvalue weighted by molar-refractivity contribution is -0.137. The van der Waals surface area contributed by atoms with Crippen LogP contribution in [0.2, 0.25) is 0 Å². The first-order valence-corrected chi connectivity index (χ1v) is 6.93. The maximum Gasteiger partial charge on any atom is 0.416 e. The summed E-state index contributed by atoms with van der Waals surface area (Å²) in [5, 5.41) is 0. The highest BCUT2D eigenvalue weighted by Gasteiger charge is 2.52. The van der Waals surface area contributed by atoms with Crippen molar-refractivity contribution in [2.24, 2.45) is 11.1 Å². The van der Waals surface area contributed by atoms with Crippen molar-refractivity contribution < 1.29 is 17.9 Å². The second-order valence-electron chi connectivity index (χ2n) is 5.41. The van der Waals surface area contributed by atoms with Crippen LogP contribution in [0.3, 0.4) is 0 Å². The minimum atomic E-state index is -4.31. The summed E-state index contributed by atoms with van der Waals surface area (Å²) in [6, 6.07) is 4.96. The molecule has 0 aliphatic heterocycles. The van der Waals surface area contributed by atoms with Crippen molar-refractivity contribution in [3.8, 4) is 5.75 Å². The van der Waals surface area contributed by atoms with E-state index in [0.29, 0.717) is 5.75 Å². The molecule has 1 aliphatic carbocycles. The molecule has 20 heavy (non-hydrogen) atoms. The fourth-order valence-corrected chi connectivity index (χ4v) is 3.06. The van der Waals surface area contributed by atoms with Crippen LogP contribution in [0, 0.1) is 5.41 Å². The topological polar surface area (TPSA) is 35.2 Å². The van der Waals surface area contributed by atoms with Crippen LogP contribution in [0.5, 0.6) is 5.75 Å². The highest BCUT2D eigenvalue weighted by Crippen LogP contribution is 2.47. The van der Waals surface area contributed by atoms with Gasteiger partial charge in [0.25, 0.3) is 0 Å². The van der Waals surface area contributed by atoms with Crippen LogP contribution in [0.4, 0.5) is 13.2 Å². The Morgan fingerprint density at radius 2 is 1.75 bits per heavy atom. The van der Waals surface area contributed by atoms with E-state index in [4.69, 9.17) is 10.5 Å². The summed E-state index contributed by atoms with van der Waals surface area (Å²) < 4.78 is 43.3. The smallest absolute Gasteiger partial charge is 0.416 e. The van der Waals surface area contributed by atoms with Gasteiger partial charge in [0.2, 0.25) is 0 Å². The Hall–Kier alpha value is -1.23. The highest BCUT2D eigenvalue weighted by molar-refractivity contribution is 5.29. The van der Waals surface area contributed by atoms with E-state index >= 15 is 0 Å². The van der Waals surface area contributed by atoms with E-state index in [1.165, 1.54) is 12.1 Å². The lowest BCUT2D eigenvalue weighted by atomic mass is 9.59. The lowest BCUT2D eigenvalue weighted by Gasteiger charge is -2.53. The Morgan fingerprint density at radius 1 is 1.20 bits per heavy atom. The van der Waals surface area contributed by atoms with Gasteiger partial charge >= 0.3 is 6.18 Å². The summed E-state index contributed by atoms with van der Waals surface area (Å²) in [5.41, 5.74) is 5.36. The van der Waals surface area contributed by atoms with Gasteiger partial charge in [0.15, 0.2) is 0 Å². The molecule has 0 spiro atoms. The molecule has 1 saturated carbocycles. The van der Waals surface area contributed by atoms with Gasteiger partial charge in [-0.3, -0.25) is 0 Å². The molecular formula is C15H20F3NO. The summed E-state index contributed by atoms with van der Waals surface area (Å²) in [6.45, 7) is 4.15. The fraction of sp³-hybridized carbons (Fsp3) is 0.600. The van der Waals surface area contributed by atoms with Gasteiger partial charge in [0.05, 0.1) is 5.56 Å². The highest BCUT2D eigenvalue weighted by atomic mass is 19.4. The van der Waals surface area contributed by atoms with Crippen molar-refractivity contribution in [1.29, 1.82) is 0 Å². The SMILES string of the molecule is CCC1(CC)C(N)CC1Oc1ccc(C(F)(F)F)cc1. The summed E-state index contributed by atoms with van der Waals surface area (Å²) in [5.74, 6) is 0.473. The number of halogens is 3. The van der Waals surface area contributed by atoms with E-state index < -0.39 is 11.7 Å². The molecule has 1 aromatic carbocycles. The third-order valence-electron chi connectivity index (χ3n) is 4.62. The van der Waals surface area contributed by atoms with E-state index in [1.54, 1.807) is 0 Å². The molecule has 0 bridgehead atoms. The van der Waals surface area contributed by atoms with Crippen LogP contribution >= 0.6 is 0 Å². The summed E-state index contributed by atoms with van der Waals surface area (Å²) in [6.07, 6.45) is -1.74. The second kappa shape index (κ2) is 5.28. The zero-order valence-electron chi connectivity index (χ0n) is 11.7. The zero-order valence-corrected chi connectivity index (χ0v) is 11.7. The van der Waals surface area contributed by atoms with E-state index in [0.717, 1.165) is 31.4 Å². The van der Waals surface area contributed by atoms with Gasteiger partial charge in [-0.15, -0.1) is 0 Å². The van der Waals surface area contributed by atoms with E-state index in [-0.39, 0.29) is 17.6 Å². The summed E-state index contributed by atoms with van der Waals surface area (Å²) >= 11 is 0. The number of benzene rings is 1. The van der Waals surface area contributed by atoms with Crippen molar-refractivity contribution in [2.45, 2.75) is 51.4 Å². The van der Waals surface area contributed by atoms with E-state index in [2.05, 4.69) is 13.8 Å². The van der Waals surface area contributed by atoms with Crippen LogP contribution < -0.4 is 10.5 Å². The van der Waals surface area contributed by atoms with Crippen molar-refractivity contribution in [3.63, 3.8) is 0 Å². The molecule has 2 nitrogen and oxygen atoms in total. The fourth-order valence-electron chi connectivity index (χ4n) is 3.06. The molecule has 0 amide bonds. The van der Waals surface area contributed by atoms with Crippen molar-refractivity contribution >= 4 is 0 Å². The number of alkyl halides is 3. The van der Waals surface area contributed by atoms with Gasteiger partial charge < -0.3 is 10.5 Å². The summed E-state index contributed by atoms with van der Waals surface area (Å²) in [7, 11) is 0. The molecule has 2 atom stereocenters. The Kier molecular flexibility index (Phi) is 4.00. The van der Waals surface area contributed by atoms with Crippen LogP contribution in [-0.4, -0.2) is 12.1 Å². The molecule has 1 fully saturated rings. The van der Waals surface area contributed by atoms with Gasteiger partial charge in [0.1, 0.15) is 11.9 Å².